The number of amides is 2. The van der Waals surface area contributed by atoms with Crippen molar-refractivity contribution >= 4 is 54.3 Å². The van der Waals surface area contributed by atoms with Crippen LogP contribution in [0.5, 0.6) is 0 Å². The largest absolute Gasteiger partial charge is 0.392 e. The monoisotopic (exact) mass is 485 g/mol. The Bertz CT molecular complexity index is 1080. The van der Waals surface area contributed by atoms with Crippen molar-refractivity contribution in [2.45, 2.75) is 25.7 Å². The number of thiazole rings is 1. The summed E-state index contributed by atoms with van der Waals surface area (Å²) in [5.74, 6) is -2.24. The van der Waals surface area contributed by atoms with Crippen LogP contribution in [-0.2, 0) is 39.5 Å². The first-order chi connectivity index (χ1) is 13.7. The number of ether oxygens (including phenoxy) is 1. The molecule has 1 fully saturated rings. The molecule has 17 heteroatoms. The van der Waals surface area contributed by atoms with E-state index in [1.54, 1.807) is 13.8 Å². The number of oxime groups is 1. The van der Waals surface area contributed by atoms with E-state index in [-0.39, 0.29) is 15.1 Å². The number of hydrogen-bond acceptors (Lipinski definition) is 11. The molecule has 0 spiro atoms. The zero-order chi connectivity index (χ0) is 22.9. The minimum absolute atomic E-state index is 0.0451. The summed E-state index contributed by atoms with van der Waals surface area (Å²) in [7, 11) is -7.38. The number of anilines is 1. The lowest BCUT2D eigenvalue weighted by molar-refractivity contribution is -0.179. The van der Waals surface area contributed by atoms with Gasteiger partial charge < -0.3 is 14.9 Å². The van der Waals surface area contributed by atoms with Crippen molar-refractivity contribution in [2.75, 3.05) is 24.6 Å². The first-order valence-corrected chi connectivity index (χ1v) is 12.2. The van der Waals surface area contributed by atoms with Gasteiger partial charge in [0.25, 0.3) is 11.8 Å². The van der Waals surface area contributed by atoms with Crippen LogP contribution >= 0.6 is 11.3 Å². The molecule has 0 aliphatic carbocycles. The summed E-state index contributed by atoms with van der Waals surface area (Å²) in [6.07, 6.45) is 0.486. The molecule has 2 heterocycles. The molecule has 1 aromatic heterocycles. The molecule has 1 aromatic rings. The van der Waals surface area contributed by atoms with E-state index in [4.69, 9.17) is 14.1 Å². The predicted octanol–water partition coefficient (Wildman–Crippen LogP) is -1.25. The van der Waals surface area contributed by atoms with Gasteiger partial charge in [-0.15, -0.1) is 11.3 Å². The molecule has 14 nitrogen and oxygen atoms in total. The van der Waals surface area contributed by atoms with Crippen LogP contribution in [0.1, 0.15) is 19.5 Å². The molecular weight excluding hydrogens is 466 g/mol. The van der Waals surface area contributed by atoms with Gasteiger partial charge in [0.15, 0.2) is 10.8 Å². The summed E-state index contributed by atoms with van der Waals surface area (Å²) < 4.78 is 61.2. The third kappa shape index (κ3) is 5.42. The van der Waals surface area contributed by atoms with Crippen LogP contribution in [0.25, 0.3) is 0 Å². The number of β-lactam (4-membered cyclic amide) rings is 1. The fraction of sp³-hybridized carbons (Fsp3) is 0.538. The average Bonchev–Trinajstić information content (AvgIpc) is 3.02. The maximum Gasteiger partial charge on any atom is 0.362 e. The topological polar surface area (TPSA) is 194 Å². The number of aromatic nitrogens is 1. The molecular formula is C13H19N5O9S3. The molecule has 1 unspecified atom stereocenters. The Morgan fingerprint density at radius 1 is 1.40 bits per heavy atom. The van der Waals surface area contributed by atoms with Crippen molar-refractivity contribution in [2.24, 2.45) is 5.16 Å². The zero-order valence-corrected chi connectivity index (χ0v) is 18.6. The number of rotatable bonds is 9. The molecule has 30 heavy (non-hydrogen) atoms. The molecule has 1 aliphatic heterocycles. The molecule has 168 valence electrons. The number of hydrogen-bond donors (Lipinski definition) is 3. The van der Waals surface area contributed by atoms with Crippen LogP contribution in [-0.4, -0.2) is 79.9 Å². The third-order valence-corrected chi connectivity index (χ3v) is 5.77. The number of carbonyl (C=O) groups excluding carboxylic acids is 2. The van der Waals surface area contributed by atoms with Crippen molar-refractivity contribution in [1.29, 1.82) is 0 Å². The Kier molecular flexibility index (Phi) is 6.72. The Labute approximate surface area is 176 Å². The van der Waals surface area contributed by atoms with Gasteiger partial charge in [-0.05, 0) is 13.8 Å². The Balaban J connectivity index is 2.31. The zero-order valence-electron chi connectivity index (χ0n) is 16.1. The van der Waals surface area contributed by atoms with Crippen LogP contribution in [0.4, 0.5) is 5.13 Å². The van der Waals surface area contributed by atoms with Crippen molar-refractivity contribution in [1.82, 2.24) is 14.6 Å². The van der Waals surface area contributed by atoms with E-state index in [0.717, 1.165) is 24.7 Å². The van der Waals surface area contributed by atoms with Crippen molar-refractivity contribution < 1.29 is 40.6 Å². The Morgan fingerprint density at radius 3 is 2.50 bits per heavy atom. The van der Waals surface area contributed by atoms with Gasteiger partial charge in [0.1, 0.15) is 11.8 Å². The van der Waals surface area contributed by atoms with Gasteiger partial charge in [0.2, 0.25) is 15.7 Å². The standard InChI is InChI=1S/C13H19N5O9S3/c1-7(2)27-16-9(8-5-28-12(14-8)17-29(4,21)22)10(19)15-13(26-3)6-18(11(13)20)30(23,24)25/h5,7H,6H2,1-4H3,(H,14,17)(H,15,19)(H,23,24,25). The Hall–Kier alpha value is -2.34. The van der Waals surface area contributed by atoms with Crippen molar-refractivity contribution in [3.05, 3.63) is 11.1 Å². The fourth-order valence-corrected chi connectivity index (χ4v) is 4.38. The number of nitrogens with zero attached hydrogens (tertiary/aromatic N) is 3. The molecule has 1 saturated heterocycles. The van der Waals surface area contributed by atoms with Crippen molar-refractivity contribution in [3.63, 3.8) is 0 Å². The molecule has 0 bridgehead atoms. The highest BCUT2D eigenvalue weighted by Gasteiger charge is 2.59. The molecule has 1 aliphatic rings. The summed E-state index contributed by atoms with van der Waals surface area (Å²) >= 11 is 0.868. The van der Waals surface area contributed by atoms with Crippen molar-refractivity contribution in [3.8, 4) is 0 Å². The van der Waals surface area contributed by atoms with E-state index >= 15 is 0 Å². The van der Waals surface area contributed by atoms with Gasteiger partial charge in [-0.1, -0.05) is 5.16 Å². The smallest absolute Gasteiger partial charge is 0.362 e. The molecule has 0 saturated carbocycles. The lowest BCUT2D eigenvalue weighted by atomic mass is 10.1. The number of methoxy groups -OCH3 is 1. The number of carbonyl (C=O) groups is 2. The highest BCUT2D eigenvalue weighted by Crippen LogP contribution is 2.26. The van der Waals surface area contributed by atoms with Gasteiger partial charge in [0, 0.05) is 12.5 Å². The number of sulfonamides is 1. The van der Waals surface area contributed by atoms with Crippen LogP contribution in [0.2, 0.25) is 0 Å². The summed E-state index contributed by atoms with van der Waals surface area (Å²) in [6.45, 7) is 2.59. The SMILES string of the molecule is COC1(NC(=O)C(=NOC(C)C)c2csc(NS(C)(=O)=O)n2)CN(S(=O)(=O)O)C1=O. The Morgan fingerprint density at radius 2 is 2.03 bits per heavy atom. The lowest BCUT2D eigenvalue weighted by Gasteiger charge is -2.44. The summed E-state index contributed by atoms with van der Waals surface area (Å²) in [6, 6.07) is 0. The lowest BCUT2D eigenvalue weighted by Crippen LogP contribution is -2.76. The second-order valence-corrected chi connectivity index (χ2v) is 10.2. The molecule has 0 aromatic carbocycles. The van der Waals surface area contributed by atoms with E-state index in [1.165, 1.54) is 5.38 Å². The minimum Gasteiger partial charge on any atom is -0.392 e. The minimum atomic E-state index is -4.82. The van der Waals surface area contributed by atoms with Gasteiger partial charge in [-0.2, -0.15) is 8.42 Å². The normalized spacial score (nSPS) is 20.1. The summed E-state index contributed by atoms with van der Waals surface area (Å²) in [4.78, 5) is 34.0. The molecule has 1 atom stereocenters. The highest BCUT2D eigenvalue weighted by molar-refractivity contribution is 7.92. The quantitative estimate of drug-likeness (QED) is 0.125. The molecule has 0 radical (unpaired) electrons. The third-order valence-electron chi connectivity index (χ3n) is 3.47. The average molecular weight is 486 g/mol. The van der Waals surface area contributed by atoms with E-state index in [2.05, 4.69) is 20.2 Å². The second kappa shape index (κ2) is 8.42. The summed E-state index contributed by atoms with van der Waals surface area (Å²) in [5, 5.41) is 7.17. The fourth-order valence-electron chi connectivity index (χ4n) is 2.13. The first kappa shape index (κ1) is 23.9. The second-order valence-electron chi connectivity index (χ2n) is 6.28. The van der Waals surface area contributed by atoms with Gasteiger partial charge in [-0.3, -0.25) is 18.9 Å². The first-order valence-electron chi connectivity index (χ1n) is 8.03. The van der Waals surface area contributed by atoms with Gasteiger partial charge in [0.05, 0.1) is 12.8 Å². The van der Waals surface area contributed by atoms with Crippen LogP contribution in [0.3, 0.4) is 0 Å². The van der Waals surface area contributed by atoms with E-state index in [0.29, 0.717) is 0 Å². The maximum atomic E-state index is 12.8. The van der Waals surface area contributed by atoms with Gasteiger partial charge in [-0.25, -0.2) is 17.7 Å². The van der Waals surface area contributed by atoms with E-state index < -0.39 is 56.2 Å². The number of nitrogens with one attached hydrogen (secondary N) is 2. The highest BCUT2D eigenvalue weighted by atomic mass is 32.2. The van der Waals surface area contributed by atoms with Crippen LogP contribution in [0, 0.1) is 0 Å². The molecule has 2 amide bonds. The van der Waals surface area contributed by atoms with Gasteiger partial charge >= 0.3 is 10.3 Å². The van der Waals surface area contributed by atoms with E-state index in [1.807, 2.05) is 0 Å². The molecule has 3 N–H and O–H groups in total. The molecule has 2 rings (SSSR count). The van der Waals surface area contributed by atoms with Crippen LogP contribution in [0.15, 0.2) is 10.5 Å². The maximum absolute atomic E-state index is 12.8. The predicted molar refractivity (Wildman–Crippen MR) is 104 cm³/mol. The van der Waals surface area contributed by atoms with E-state index in [9.17, 15) is 26.4 Å². The van der Waals surface area contributed by atoms with Crippen LogP contribution < -0.4 is 10.0 Å². The summed E-state index contributed by atoms with van der Waals surface area (Å²) in [5.41, 5.74) is -2.56.